The van der Waals surface area contributed by atoms with Crippen LogP contribution in [0.3, 0.4) is 0 Å². The van der Waals surface area contributed by atoms with E-state index in [0.29, 0.717) is 62.2 Å². The van der Waals surface area contributed by atoms with Gasteiger partial charge in [-0.15, -0.1) is 0 Å². The number of carbonyl (C=O) groups excluding carboxylic acids is 2. The summed E-state index contributed by atoms with van der Waals surface area (Å²) in [7, 11) is 0. The van der Waals surface area contributed by atoms with Crippen LogP contribution in [-0.2, 0) is 32.2 Å². The third-order valence-corrected chi connectivity index (χ3v) is 5.88. The van der Waals surface area contributed by atoms with Gasteiger partial charge in [0.2, 0.25) is 5.91 Å². The highest BCUT2D eigenvalue weighted by Crippen LogP contribution is 2.30. The largest absolute Gasteiger partial charge is 0.507 e. The monoisotopic (exact) mass is 664 g/mol. The van der Waals surface area contributed by atoms with Gasteiger partial charge in [-0.05, 0) is 35.7 Å². The molecule has 260 valence electrons. The number of ether oxygens (including phenoxy) is 2. The van der Waals surface area contributed by atoms with Crippen LogP contribution >= 0.6 is 0 Å². The quantitative estimate of drug-likeness (QED) is 0.111. The summed E-state index contributed by atoms with van der Waals surface area (Å²) in [5, 5.41) is 18.3. The summed E-state index contributed by atoms with van der Waals surface area (Å²) in [4.78, 5) is 26.4. The molecule has 0 fully saturated rings. The number of amides is 1. The van der Waals surface area contributed by atoms with Crippen LogP contribution in [0.4, 0.5) is 5.69 Å². The van der Waals surface area contributed by atoms with Crippen molar-refractivity contribution in [2.75, 3.05) is 32.0 Å². The van der Waals surface area contributed by atoms with E-state index in [9.17, 15) is 14.7 Å². The van der Waals surface area contributed by atoms with Gasteiger partial charge < -0.3 is 40.6 Å². The molecule has 0 saturated carbocycles. The number of nitrogens with zero attached hydrogens (tertiary/aromatic N) is 3. The molecule has 0 aliphatic carbocycles. The van der Waals surface area contributed by atoms with Gasteiger partial charge in [0.1, 0.15) is 24.2 Å². The number of oxazole rings is 1. The Labute approximate surface area is 282 Å². The van der Waals surface area contributed by atoms with Gasteiger partial charge in [-0.3, -0.25) is 14.5 Å². The highest BCUT2D eigenvalue weighted by atomic mass is 16.6. The van der Waals surface area contributed by atoms with Crippen LogP contribution in [0.25, 0.3) is 11.3 Å². The fraction of sp³-hybridized carbons (Fsp3) is 0.371. The minimum absolute atomic E-state index is 0.0942. The molecule has 2 aromatic carbocycles. The molecule has 2 aromatic heterocycles. The van der Waals surface area contributed by atoms with Gasteiger partial charge in [-0.1, -0.05) is 44.2 Å². The van der Waals surface area contributed by atoms with E-state index in [-0.39, 0.29) is 23.7 Å². The maximum absolute atomic E-state index is 11.3. The number of anilines is 1. The van der Waals surface area contributed by atoms with Crippen molar-refractivity contribution in [1.29, 1.82) is 5.26 Å². The van der Waals surface area contributed by atoms with Crippen molar-refractivity contribution < 1.29 is 33.0 Å². The SMILES string of the molecule is CC(=O)OC(COCc1ccco1)CN(CCC#N)CC(C)C.CC(N)=O.NCc1ccccc1.Nc1ccc(-c2cnco2)c(O)c1. The Morgan fingerprint density at radius 1 is 1.06 bits per heavy atom. The lowest BCUT2D eigenvalue weighted by atomic mass is 10.1. The van der Waals surface area contributed by atoms with E-state index in [1.54, 1.807) is 24.5 Å². The number of hydrogen-bond donors (Lipinski definition) is 4. The number of esters is 1. The summed E-state index contributed by atoms with van der Waals surface area (Å²) in [6, 6.07) is 20.6. The Morgan fingerprint density at radius 2 is 1.77 bits per heavy atom. The molecule has 0 saturated heterocycles. The molecule has 0 bridgehead atoms. The van der Waals surface area contributed by atoms with E-state index >= 15 is 0 Å². The smallest absolute Gasteiger partial charge is 0.303 e. The molecule has 13 heteroatoms. The Kier molecular flexibility index (Phi) is 20.5. The molecule has 2 heterocycles. The number of benzene rings is 2. The standard InChI is InChI=1S/C17H26N2O4.C9H8N2O2.C7H9N.C2H5NO/c1-14(2)10-19(8-5-7-18)11-17(23-15(3)20)13-21-12-16-6-4-9-22-16;10-6-1-2-7(8(12)3-6)9-4-11-5-13-9;8-6-7-4-2-1-3-5-7;1-2(3)4/h4,6,9,14,17H,5,8,10-13H2,1-3H3;1-5,12H,10H2;1-5H,6,8H2;1H3,(H2,3,4). The van der Waals surface area contributed by atoms with Crippen LogP contribution in [0, 0.1) is 17.2 Å². The number of aromatic hydroxyl groups is 1. The van der Waals surface area contributed by atoms with Crippen molar-refractivity contribution in [2.45, 2.75) is 53.4 Å². The lowest BCUT2D eigenvalue weighted by molar-refractivity contribution is -0.151. The zero-order valence-corrected chi connectivity index (χ0v) is 28.1. The number of carbonyl (C=O) groups is 2. The van der Waals surface area contributed by atoms with E-state index in [1.807, 2.05) is 36.4 Å². The third-order valence-electron chi connectivity index (χ3n) is 5.88. The molecule has 0 aliphatic heterocycles. The van der Waals surface area contributed by atoms with Crippen molar-refractivity contribution in [3.63, 3.8) is 0 Å². The Hall–Kier alpha value is -5.16. The average molecular weight is 665 g/mol. The fourth-order valence-corrected chi connectivity index (χ4v) is 4.03. The van der Waals surface area contributed by atoms with Crippen LogP contribution in [0.1, 0.15) is 45.4 Å². The summed E-state index contributed by atoms with van der Waals surface area (Å²) >= 11 is 0. The van der Waals surface area contributed by atoms with E-state index in [2.05, 4.69) is 35.5 Å². The molecule has 1 atom stereocenters. The number of rotatable bonds is 13. The van der Waals surface area contributed by atoms with Crippen LogP contribution in [0.5, 0.6) is 5.75 Å². The van der Waals surface area contributed by atoms with Crippen molar-refractivity contribution in [2.24, 2.45) is 17.4 Å². The number of phenols is 1. The number of furan rings is 1. The molecule has 4 rings (SSSR count). The summed E-state index contributed by atoms with van der Waals surface area (Å²) in [6.45, 7) is 10.3. The van der Waals surface area contributed by atoms with E-state index in [0.717, 1.165) is 12.3 Å². The summed E-state index contributed by atoms with van der Waals surface area (Å²) < 4.78 is 21.2. The number of hydrogen-bond acceptors (Lipinski definition) is 12. The predicted molar refractivity (Wildman–Crippen MR) is 183 cm³/mol. The van der Waals surface area contributed by atoms with Gasteiger partial charge in [-0.2, -0.15) is 5.26 Å². The van der Waals surface area contributed by atoms with Gasteiger partial charge in [0.15, 0.2) is 12.2 Å². The second kappa shape index (κ2) is 24.1. The Bertz CT molecular complexity index is 1450. The summed E-state index contributed by atoms with van der Waals surface area (Å²) in [6.07, 6.45) is 4.53. The first-order valence-electron chi connectivity index (χ1n) is 15.3. The Balaban J connectivity index is 0.000000381. The molecule has 0 spiro atoms. The molecular formula is C35H48N6O7. The van der Waals surface area contributed by atoms with Crippen LogP contribution in [0.15, 0.2) is 88.4 Å². The zero-order chi connectivity index (χ0) is 35.7. The zero-order valence-electron chi connectivity index (χ0n) is 28.1. The van der Waals surface area contributed by atoms with Gasteiger partial charge in [0, 0.05) is 58.2 Å². The summed E-state index contributed by atoms with van der Waals surface area (Å²) in [5.41, 5.74) is 17.6. The van der Waals surface area contributed by atoms with Gasteiger partial charge in [-0.25, -0.2) is 4.98 Å². The van der Waals surface area contributed by atoms with Crippen molar-refractivity contribution in [3.05, 3.63) is 90.8 Å². The number of nitriles is 1. The number of nitrogen functional groups attached to an aromatic ring is 1. The van der Waals surface area contributed by atoms with E-state index in [1.165, 1.54) is 38.1 Å². The van der Waals surface area contributed by atoms with Crippen molar-refractivity contribution >= 4 is 17.6 Å². The normalized spacial score (nSPS) is 10.7. The molecule has 0 radical (unpaired) electrons. The molecule has 4 aromatic rings. The maximum atomic E-state index is 11.3. The van der Waals surface area contributed by atoms with Crippen LogP contribution in [0.2, 0.25) is 0 Å². The number of nitrogens with two attached hydrogens (primary N) is 3. The molecule has 1 unspecified atom stereocenters. The first kappa shape index (κ1) is 40.9. The first-order chi connectivity index (χ1) is 22.9. The first-order valence-corrected chi connectivity index (χ1v) is 15.3. The Morgan fingerprint density at radius 3 is 2.27 bits per heavy atom. The highest BCUT2D eigenvalue weighted by Gasteiger charge is 2.18. The molecule has 7 N–H and O–H groups in total. The van der Waals surface area contributed by atoms with Crippen LogP contribution in [-0.4, -0.2) is 59.2 Å². The summed E-state index contributed by atoms with van der Waals surface area (Å²) in [5.74, 6) is 1.15. The van der Waals surface area contributed by atoms with E-state index < -0.39 is 0 Å². The predicted octanol–water partition coefficient (Wildman–Crippen LogP) is 4.87. The number of primary amides is 1. The molecular weight excluding hydrogens is 616 g/mol. The van der Waals surface area contributed by atoms with Crippen molar-refractivity contribution in [3.8, 4) is 23.1 Å². The molecule has 13 nitrogen and oxygen atoms in total. The van der Waals surface area contributed by atoms with E-state index in [4.69, 9.17) is 35.0 Å². The second-order valence-electron chi connectivity index (χ2n) is 10.8. The lowest BCUT2D eigenvalue weighted by Gasteiger charge is -2.27. The van der Waals surface area contributed by atoms with Crippen LogP contribution < -0.4 is 17.2 Å². The average Bonchev–Trinajstić information content (AvgIpc) is 3.75. The lowest BCUT2D eigenvalue weighted by Crippen LogP contribution is -2.39. The van der Waals surface area contributed by atoms with Gasteiger partial charge in [0.05, 0.1) is 30.7 Å². The molecule has 1 amide bonds. The number of phenolic OH excluding ortho intramolecular Hbond substituents is 1. The van der Waals surface area contributed by atoms with Gasteiger partial charge in [0.25, 0.3) is 0 Å². The topological polar surface area (TPSA) is 217 Å². The minimum Gasteiger partial charge on any atom is -0.507 e. The third kappa shape index (κ3) is 19.4. The van der Waals surface area contributed by atoms with Crippen molar-refractivity contribution in [1.82, 2.24) is 9.88 Å². The minimum atomic E-state index is -0.361. The highest BCUT2D eigenvalue weighted by molar-refractivity contribution is 5.70. The fourth-order valence-electron chi connectivity index (χ4n) is 4.03. The second-order valence-corrected chi connectivity index (χ2v) is 10.8. The molecule has 48 heavy (non-hydrogen) atoms. The molecule has 0 aliphatic rings. The number of aromatic nitrogens is 1. The maximum Gasteiger partial charge on any atom is 0.303 e. The van der Waals surface area contributed by atoms with Gasteiger partial charge >= 0.3 is 5.97 Å².